The van der Waals surface area contributed by atoms with Gasteiger partial charge in [0.15, 0.2) is 6.29 Å². The lowest BCUT2D eigenvalue weighted by molar-refractivity contribution is -0.252. The Morgan fingerprint density at radius 1 is 1.00 bits per heavy atom. The molecule has 1 aliphatic rings. The molecule has 1 amide bonds. The van der Waals surface area contributed by atoms with Crippen LogP contribution in [0.3, 0.4) is 0 Å². The highest BCUT2D eigenvalue weighted by Gasteiger charge is 2.32. The van der Waals surface area contributed by atoms with Gasteiger partial charge in [-0.2, -0.15) is 0 Å². The second-order valence-electron chi connectivity index (χ2n) is 8.89. The molecular formula is C28H29N3O4. The molecule has 3 atom stereocenters. The summed E-state index contributed by atoms with van der Waals surface area (Å²) in [5, 5.41) is 12.2. The summed E-state index contributed by atoms with van der Waals surface area (Å²) in [4.78, 5) is 15.7. The molecule has 0 saturated carbocycles. The number of rotatable bonds is 7. The van der Waals surface area contributed by atoms with E-state index in [4.69, 9.17) is 9.47 Å². The van der Waals surface area contributed by atoms with E-state index in [1.807, 2.05) is 73.1 Å². The van der Waals surface area contributed by atoms with Crippen LogP contribution in [0.25, 0.3) is 11.0 Å². The molecule has 7 nitrogen and oxygen atoms in total. The number of carbonyl (C=O) groups excluding carboxylic acids is 1. The summed E-state index contributed by atoms with van der Waals surface area (Å²) >= 11 is 0. The quantitative estimate of drug-likeness (QED) is 0.417. The molecule has 3 aromatic carbocycles. The Labute approximate surface area is 204 Å². The van der Waals surface area contributed by atoms with Crippen molar-refractivity contribution in [3.8, 4) is 0 Å². The predicted octanol–water partition coefficient (Wildman–Crippen LogP) is 4.41. The summed E-state index contributed by atoms with van der Waals surface area (Å²) in [5.41, 5.74) is 5.89. The van der Waals surface area contributed by atoms with Gasteiger partial charge in [-0.05, 0) is 28.8 Å². The van der Waals surface area contributed by atoms with Crippen molar-refractivity contribution < 1.29 is 19.4 Å². The summed E-state index contributed by atoms with van der Waals surface area (Å²) in [6.07, 6.45) is 1.79. The van der Waals surface area contributed by atoms with E-state index in [9.17, 15) is 9.90 Å². The first-order valence-corrected chi connectivity index (χ1v) is 11.8. The van der Waals surface area contributed by atoms with Crippen molar-refractivity contribution in [3.05, 3.63) is 101 Å². The van der Waals surface area contributed by atoms with Crippen molar-refractivity contribution in [1.82, 2.24) is 14.9 Å². The predicted molar refractivity (Wildman–Crippen MR) is 132 cm³/mol. The van der Waals surface area contributed by atoms with Crippen LogP contribution in [0.2, 0.25) is 0 Å². The van der Waals surface area contributed by atoms with Gasteiger partial charge in [-0.25, -0.2) is 4.98 Å². The van der Waals surface area contributed by atoms with Gasteiger partial charge in [0, 0.05) is 25.5 Å². The minimum atomic E-state index is -0.527. The summed E-state index contributed by atoms with van der Waals surface area (Å²) < 4.78 is 15.0. The monoisotopic (exact) mass is 471 g/mol. The SMILES string of the molecule is CC(=O)NCc1ccc(C2OC(Cn3cnc4ccccc43)CC(c3ccc(CO)cc3)O2)cc1. The minimum absolute atomic E-state index is 0.0126. The molecule has 0 bridgehead atoms. The third-order valence-electron chi connectivity index (χ3n) is 6.34. The van der Waals surface area contributed by atoms with Crippen molar-refractivity contribution in [1.29, 1.82) is 0 Å². The van der Waals surface area contributed by atoms with Crippen LogP contribution < -0.4 is 5.32 Å². The number of carbonyl (C=O) groups is 1. The van der Waals surface area contributed by atoms with E-state index in [-0.39, 0.29) is 24.7 Å². The zero-order valence-electron chi connectivity index (χ0n) is 19.6. The van der Waals surface area contributed by atoms with E-state index >= 15 is 0 Å². The molecule has 1 aliphatic heterocycles. The maximum atomic E-state index is 11.2. The Morgan fingerprint density at radius 3 is 2.46 bits per heavy atom. The third kappa shape index (κ3) is 5.43. The molecule has 0 aliphatic carbocycles. The molecule has 1 fully saturated rings. The Bertz CT molecular complexity index is 1280. The first-order chi connectivity index (χ1) is 17.1. The second kappa shape index (κ2) is 10.4. The van der Waals surface area contributed by atoms with Gasteiger partial charge in [-0.1, -0.05) is 60.7 Å². The number of nitrogens with zero attached hydrogens (tertiary/aromatic N) is 2. The molecule has 180 valence electrons. The number of ether oxygens (including phenoxy) is 2. The van der Waals surface area contributed by atoms with E-state index in [0.29, 0.717) is 19.5 Å². The maximum absolute atomic E-state index is 11.2. The Balaban J connectivity index is 1.39. The summed E-state index contributed by atoms with van der Waals surface area (Å²) in [6, 6.07) is 23.9. The van der Waals surface area contributed by atoms with Crippen molar-refractivity contribution in [2.75, 3.05) is 0 Å². The zero-order valence-corrected chi connectivity index (χ0v) is 19.6. The lowest BCUT2D eigenvalue weighted by Gasteiger charge is -2.36. The number of imidazole rings is 1. The van der Waals surface area contributed by atoms with Gasteiger partial charge in [0.1, 0.15) is 0 Å². The number of nitrogens with one attached hydrogen (secondary N) is 1. The molecular weight excluding hydrogens is 442 g/mol. The fourth-order valence-corrected chi connectivity index (χ4v) is 4.43. The number of aromatic nitrogens is 2. The Hall–Kier alpha value is -3.52. The molecule has 7 heteroatoms. The van der Waals surface area contributed by atoms with Gasteiger partial charge >= 0.3 is 0 Å². The largest absolute Gasteiger partial charge is 0.392 e. The van der Waals surface area contributed by atoms with Crippen LogP contribution in [0.1, 0.15) is 48.0 Å². The number of aliphatic hydroxyl groups is 1. The van der Waals surface area contributed by atoms with E-state index in [0.717, 1.165) is 33.3 Å². The highest BCUT2D eigenvalue weighted by atomic mass is 16.7. The standard InChI is InChI=1S/C28H29N3O4/c1-19(33)29-15-20-6-12-23(13-7-20)28-34-24(16-31-18-30-25-4-2-3-5-26(25)31)14-27(35-28)22-10-8-21(17-32)9-11-22/h2-13,18,24,27-28,32H,14-17H2,1H3,(H,29,33). The fraction of sp³-hybridized carbons (Fsp3) is 0.286. The number of amides is 1. The number of aliphatic hydroxyl groups excluding tert-OH is 1. The number of benzene rings is 3. The molecule has 0 spiro atoms. The Kier molecular flexibility index (Phi) is 6.90. The lowest BCUT2D eigenvalue weighted by Crippen LogP contribution is -2.32. The number of fused-ring (bicyclic) bond motifs is 1. The van der Waals surface area contributed by atoms with E-state index < -0.39 is 6.29 Å². The fourth-order valence-electron chi connectivity index (χ4n) is 4.43. The molecule has 2 heterocycles. The number of hydrogen-bond donors (Lipinski definition) is 2. The van der Waals surface area contributed by atoms with Gasteiger partial charge in [0.2, 0.25) is 5.91 Å². The van der Waals surface area contributed by atoms with Gasteiger partial charge in [-0.15, -0.1) is 0 Å². The first kappa shape index (κ1) is 23.2. The van der Waals surface area contributed by atoms with Gasteiger partial charge in [0.25, 0.3) is 0 Å². The van der Waals surface area contributed by atoms with Crippen molar-refractivity contribution in [3.63, 3.8) is 0 Å². The van der Waals surface area contributed by atoms with Crippen LogP contribution in [0.15, 0.2) is 79.1 Å². The van der Waals surface area contributed by atoms with E-state index in [2.05, 4.69) is 20.9 Å². The van der Waals surface area contributed by atoms with Crippen LogP contribution in [0.5, 0.6) is 0 Å². The summed E-state index contributed by atoms with van der Waals surface area (Å²) in [6.45, 7) is 2.66. The van der Waals surface area contributed by atoms with E-state index in [1.165, 1.54) is 6.92 Å². The third-order valence-corrected chi connectivity index (χ3v) is 6.34. The highest BCUT2D eigenvalue weighted by Crippen LogP contribution is 2.38. The smallest absolute Gasteiger partial charge is 0.217 e. The molecule has 35 heavy (non-hydrogen) atoms. The second-order valence-corrected chi connectivity index (χ2v) is 8.89. The molecule has 1 aromatic heterocycles. The lowest BCUT2D eigenvalue weighted by atomic mass is 9.99. The first-order valence-electron chi connectivity index (χ1n) is 11.8. The topological polar surface area (TPSA) is 85.6 Å². The molecule has 4 aromatic rings. The van der Waals surface area contributed by atoms with Crippen LogP contribution >= 0.6 is 0 Å². The normalized spacial score (nSPS) is 20.1. The van der Waals surface area contributed by atoms with Gasteiger partial charge in [0.05, 0.1) is 42.7 Å². The summed E-state index contributed by atoms with van der Waals surface area (Å²) in [7, 11) is 0. The zero-order chi connectivity index (χ0) is 24.2. The number of para-hydroxylation sites is 2. The average Bonchev–Trinajstić information content (AvgIpc) is 3.30. The Morgan fingerprint density at radius 2 is 1.71 bits per heavy atom. The molecule has 0 radical (unpaired) electrons. The summed E-state index contributed by atoms with van der Waals surface area (Å²) in [5.74, 6) is -0.0575. The molecule has 2 N–H and O–H groups in total. The minimum Gasteiger partial charge on any atom is -0.392 e. The van der Waals surface area contributed by atoms with Gasteiger partial charge in [-0.3, -0.25) is 4.79 Å². The van der Waals surface area contributed by atoms with Crippen LogP contribution in [0.4, 0.5) is 0 Å². The van der Waals surface area contributed by atoms with Crippen molar-refractivity contribution in [2.24, 2.45) is 0 Å². The highest BCUT2D eigenvalue weighted by molar-refractivity contribution is 5.75. The van der Waals surface area contributed by atoms with Crippen LogP contribution in [-0.4, -0.2) is 26.7 Å². The molecule has 5 rings (SSSR count). The van der Waals surface area contributed by atoms with Crippen LogP contribution in [-0.2, 0) is 34.0 Å². The van der Waals surface area contributed by atoms with Crippen LogP contribution in [0, 0.1) is 0 Å². The van der Waals surface area contributed by atoms with Crippen molar-refractivity contribution in [2.45, 2.75) is 51.5 Å². The average molecular weight is 472 g/mol. The number of hydrogen-bond acceptors (Lipinski definition) is 5. The maximum Gasteiger partial charge on any atom is 0.217 e. The van der Waals surface area contributed by atoms with Gasteiger partial charge < -0.3 is 24.5 Å². The molecule has 3 unspecified atom stereocenters. The van der Waals surface area contributed by atoms with Crippen molar-refractivity contribution >= 4 is 16.9 Å². The van der Waals surface area contributed by atoms with E-state index in [1.54, 1.807) is 0 Å². The molecule has 1 saturated heterocycles.